The molecule has 5 heteroatoms. The predicted octanol–water partition coefficient (Wildman–Crippen LogP) is 3.38. The minimum absolute atomic E-state index is 0.330. The molecule has 0 aliphatic carbocycles. The summed E-state index contributed by atoms with van der Waals surface area (Å²) in [5, 5.41) is 10.1. The van der Waals surface area contributed by atoms with E-state index in [-0.39, 0.29) is 0 Å². The lowest BCUT2D eigenvalue weighted by atomic mass is 10.1. The van der Waals surface area contributed by atoms with Gasteiger partial charge in [-0.15, -0.1) is 11.3 Å². The third-order valence-corrected chi connectivity index (χ3v) is 4.52. The minimum atomic E-state index is 0.330. The fourth-order valence-corrected chi connectivity index (χ4v) is 3.56. The Kier molecular flexibility index (Phi) is 5.31. The summed E-state index contributed by atoms with van der Waals surface area (Å²) in [6.45, 7) is 9.61. The van der Waals surface area contributed by atoms with Crippen LogP contribution in [0.3, 0.4) is 0 Å². The molecule has 0 saturated heterocycles. The van der Waals surface area contributed by atoms with Crippen molar-refractivity contribution in [2.75, 3.05) is 6.54 Å². The van der Waals surface area contributed by atoms with Crippen LogP contribution in [-0.2, 0) is 12.8 Å². The van der Waals surface area contributed by atoms with E-state index < -0.39 is 0 Å². The molecule has 0 aliphatic heterocycles. The highest BCUT2D eigenvalue weighted by Crippen LogP contribution is 2.27. The first kappa shape index (κ1) is 15.2. The standard InChI is InChI=1S/C15H24N4S/c1-5-12-7-8-20-15(12)13(16-6-2)9-14-17-10-18-19(14)11(3)4/h7-8,10-11,13,16H,5-6,9H2,1-4H3. The molecule has 2 aromatic rings. The van der Waals surface area contributed by atoms with Crippen molar-refractivity contribution in [3.05, 3.63) is 34.0 Å². The fraction of sp³-hybridized carbons (Fsp3) is 0.600. The molecule has 0 amide bonds. The molecule has 4 nitrogen and oxygen atoms in total. The maximum atomic E-state index is 4.44. The smallest absolute Gasteiger partial charge is 0.138 e. The van der Waals surface area contributed by atoms with Gasteiger partial charge in [-0.3, -0.25) is 0 Å². The van der Waals surface area contributed by atoms with E-state index >= 15 is 0 Å². The van der Waals surface area contributed by atoms with Crippen LogP contribution in [-0.4, -0.2) is 21.3 Å². The van der Waals surface area contributed by atoms with Gasteiger partial charge in [0.05, 0.1) is 0 Å². The second-order valence-electron chi connectivity index (χ2n) is 5.19. The number of rotatable bonds is 7. The number of hydrogen-bond acceptors (Lipinski definition) is 4. The Morgan fingerprint density at radius 3 is 2.80 bits per heavy atom. The molecule has 20 heavy (non-hydrogen) atoms. The maximum absolute atomic E-state index is 4.44. The Bertz CT molecular complexity index is 529. The van der Waals surface area contributed by atoms with Gasteiger partial charge >= 0.3 is 0 Å². The maximum Gasteiger partial charge on any atom is 0.138 e. The lowest BCUT2D eigenvalue weighted by Crippen LogP contribution is -2.25. The van der Waals surface area contributed by atoms with E-state index in [4.69, 9.17) is 0 Å². The molecular formula is C15H24N4S. The van der Waals surface area contributed by atoms with Gasteiger partial charge in [-0.05, 0) is 43.8 Å². The molecule has 0 bridgehead atoms. The van der Waals surface area contributed by atoms with Crippen LogP contribution in [0.5, 0.6) is 0 Å². The van der Waals surface area contributed by atoms with Crippen molar-refractivity contribution in [3.8, 4) is 0 Å². The molecular weight excluding hydrogens is 268 g/mol. The van der Waals surface area contributed by atoms with Gasteiger partial charge < -0.3 is 5.32 Å². The summed E-state index contributed by atoms with van der Waals surface area (Å²) in [7, 11) is 0. The van der Waals surface area contributed by atoms with Crippen LogP contribution in [0.4, 0.5) is 0 Å². The number of likely N-dealkylation sites (N-methyl/N-ethyl adjacent to an activating group) is 1. The van der Waals surface area contributed by atoms with Crippen molar-refractivity contribution >= 4 is 11.3 Å². The topological polar surface area (TPSA) is 42.7 Å². The van der Waals surface area contributed by atoms with E-state index in [2.05, 4.69) is 54.5 Å². The van der Waals surface area contributed by atoms with Crippen LogP contribution in [0.15, 0.2) is 17.8 Å². The predicted molar refractivity (Wildman–Crippen MR) is 84.2 cm³/mol. The summed E-state index contributed by atoms with van der Waals surface area (Å²) in [5.41, 5.74) is 1.44. The van der Waals surface area contributed by atoms with Crippen LogP contribution in [0.25, 0.3) is 0 Å². The van der Waals surface area contributed by atoms with E-state index in [9.17, 15) is 0 Å². The number of hydrogen-bond donors (Lipinski definition) is 1. The fourth-order valence-electron chi connectivity index (χ4n) is 2.48. The number of nitrogens with zero attached hydrogens (tertiary/aromatic N) is 3. The van der Waals surface area contributed by atoms with Crippen LogP contribution in [0, 0.1) is 0 Å². The van der Waals surface area contributed by atoms with E-state index in [1.165, 1.54) is 10.4 Å². The third-order valence-electron chi connectivity index (χ3n) is 3.45. The molecule has 2 aromatic heterocycles. The number of thiophene rings is 1. The Labute approximate surface area is 125 Å². The van der Waals surface area contributed by atoms with Crippen molar-refractivity contribution in [2.45, 2.75) is 52.6 Å². The van der Waals surface area contributed by atoms with Crippen molar-refractivity contribution in [1.29, 1.82) is 0 Å². The Morgan fingerprint density at radius 1 is 1.35 bits per heavy atom. The van der Waals surface area contributed by atoms with Crippen LogP contribution < -0.4 is 5.32 Å². The first-order valence-electron chi connectivity index (χ1n) is 7.35. The summed E-state index contributed by atoms with van der Waals surface area (Å²) >= 11 is 1.84. The molecule has 0 saturated carbocycles. The Hall–Kier alpha value is -1.20. The van der Waals surface area contributed by atoms with Crippen LogP contribution in [0.2, 0.25) is 0 Å². The van der Waals surface area contributed by atoms with Gasteiger partial charge in [0.2, 0.25) is 0 Å². The third kappa shape index (κ3) is 3.27. The summed E-state index contributed by atoms with van der Waals surface area (Å²) in [6.07, 6.45) is 3.63. The molecule has 1 N–H and O–H groups in total. The lowest BCUT2D eigenvalue weighted by molar-refractivity contribution is 0.470. The molecule has 1 atom stereocenters. The molecule has 0 aromatic carbocycles. The van der Waals surface area contributed by atoms with Crippen molar-refractivity contribution in [2.24, 2.45) is 0 Å². The van der Waals surface area contributed by atoms with E-state index in [1.54, 1.807) is 6.33 Å². The molecule has 0 radical (unpaired) electrons. The monoisotopic (exact) mass is 292 g/mol. The largest absolute Gasteiger partial charge is 0.309 e. The quantitative estimate of drug-likeness (QED) is 0.850. The van der Waals surface area contributed by atoms with Gasteiger partial charge in [0.15, 0.2) is 0 Å². The Morgan fingerprint density at radius 2 is 2.15 bits per heavy atom. The minimum Gasteiger partial charge on any atom is -0.309 e. The first-order valence-corrected chi connectivity index (χ1v) is 8.23. The van der Waals surface area contributed by atoms with Gasteiger partial charge in [-0.2, -0.15) is 5.10 Å². The zero-order valence-corrected chi connectivity index (χ0v) is 13.6. The summed E-state index contributed by atoms with van der Waals surface area (Å²) in [4.78, 5) is 5.88. The number of nitrogens with one attached hydrogen (secondary N) is 1. The van der Waals surface area contributed by atoms with Crippen LogP contribution in [0.1, 0.15) is 56.0 Å². The van der Waals surface area contributed by atoms with Gasteiger partial charge in [0, 0.05) is 23.4 Å². The second kappa shape index (κ2) is 6.99. The second-order valence-corrected chi connectivity index (χ2v) is 6.14. The van der Waals surface area contributed by atoms with E-state index in [1.807, 2.05) is 16.0 Å². The highest BCUT2D eigenvalue weighted by Gasteiger charge is 2.19. The summed E-state index contributed by atoms with van der Waals surface area (Å²) < 4.78 is 2.02. The SMILES string of the molecule is CCNC(Cc1ncnn1C(C)C)c1sccc1CC. The van der Waals surface area contributed by atoms with Crippen molar-refractivity contribution in [1.82, 2.24) is 20.1 Å². The van der Waals surface area contributed by atoms with Crippen molar-refractivity contribution < 1.29 is 0 Å². The van der Waals surface area contributed by atoms with E-state index in [0.717, 1.165) is 25.2 Å². The average molecular weight is 292 g/mol. The van der Waals surface area contributed by atoms with Gasteiger partial charge in [0.1, 0.15) is 12.2 Å². The number of aryl methyl sites for hydroxylation is 1. The van der Waals surface area contributed by atoms with Gasteiger partial charge in [0.25, 0.3) is 0 Å². The first-order chi connectivity index (χ1) is 9.67. The average Bonchev–Trinajstić information content (AvgIpc) is 3.06. The molecule has 0 fully saturated rings. The molecule has 110 valence electrons. The number of aromatic nitrogens is 3. The molecule has 2 rings (SSSR count). The highest BCUT2D eigenvalue weighted by molar-refractivity contribution is 7.10. The van der Waals surface area contributed by atoms with Gasteiger partial charge in [-0.1, -0.05) is 13.8 Å². The Balaban J connectivity index is 2.23. The normalized spacial score (nSPS) is 13.1. The lowest BCUT2D eigenvalue weighted by Gasteiger charge is -2.19. The summed E-state index contributed by atoms with van der Waals surface area (Å²) in [6, 6.07) is 2.91. The zero-order chi connectivity index (χ0) is 14.5. The zero-order valence-electron chi connectivity index (χ0n) is 12.8. The van der Waals surface area contributed by atoms with Crippen molar-refractivity contribution in [3.63, 3.8) is 0 Å². The van der Waals surface area contributed by atoms with Crippen LogP contribution >= 0.6 is 11.3 Å². The van der Waals surface area contributed by atoms with Gasteiger partial charge in [-0.25, -0.2) is 9.67 Å². The molecule has 1 unspecified atom stereocenters. The highest BCUT2D eigenvalue weighted by atomic mass is 32.1. The molecule has 2 heterocycles. The van der Waals surface area contributed by atoms with E-state index in [0.29, 0.717) is 12.1 Å². The summed E-state index contributed by atoms with van der Waals surface area (Å²) in [5.74, 6) is 1.06. The molecule has 0 spiro atoms. The molecule has 0 aliphatic rings.